The first-order chi connectivity index (χ1) is 6.15. The number of carbonyl (C=O) groups excluding carboxylic acids is 1. The van der Waals surface area contributed by atoms with Crippen molar-refractivity contribution in [2.24, 2.45) is 7.05 Å². The second-order valence-electron chi connectivity index (χ2n) is 2.73. The third-order valence-corrected chi connectivity index (χ3v) is 1.60. The van der Waals surface area contributed by atoms with E-state index in [0.29, 0.717) is 12.2 Å². The van der Waals surface area contributed by atoms with Crippen LogP contribution < -0.4 is 0 Å². The van der Waals surface area contributed by atoms with E-state index in [0.717, 1.165) is 0 Å². The molecule has 72 valence electrons. The van der Waals surface area contributed by atoms with Crippen molar-refractivity contribution in [3.63, 3.8) is 0 Å². The van der Waals surface area contributed by atoms with Gasteiger partial charge in [0.1, 0.15) is 0 Å². The zero-order valence-corrected chi connectivity index (χ0v) is 7.64. The Bertz CT molecular complexity index is 296. The van der Waals surface area contributed by atoms with Gasteiger partial charge in [-0.3, -0.25) is 9.48 Å². The molecule has 1 N–H and O–H groups in total. The molecule has 0 fully saturated rings. The molecule has 0 aliphatic heterocycles. The molecule has 0 atom stereocenters. The highest BCUT2D eigenvalue weighted by molar-refractivity contribution is 5.91. The molecule has 1 heterocycles. The lowest BCUT2D eigenvalue weighted by Gasteiger charge is -2.12. The molecule has 0 saturated carbocycles. The summed E-state index contributed by atoms with van der Waals surface area (Å²) >= 11 is 0. The SMILES string of the molecule is CN(CCO)C(=O)c1cn(C)nn1. The van der Waals surface area contributed by atoms with Crippen LogP contribution in [0.5, 0.6) is 0 Å². The number of nitrogens with zero attached hydrogens (tertiary/aromatic N) is 4. The molecule has 1 amide bonds. The Labute approximate surface area is 75.8 Å². The topological polar surface area (TPSA) is 71.2 Å². The van der Waals surface area contributed by atoms with E-state index in [1.54, 1.807) is 14.1 Å². The van der Waals surface area contributed by atoms with Crippen LogP contribution in [0.15, 0.2) is 6.20 Å². The normalized spacial score (nSPS) is 10.1. The van der Waals surface area contributed by atoms with Crippen molar-refractivity contribution >= 4 is 5.91 Å². The second kappa shape index (κ2) is 3.99. The summed E-state index contributed by atoms with van der Waals surface area (Å²) in [7, 11) is 3.29. The molecule has 0 spiro atoms. The number of amides is 1. The number of aliphatic hydroxyl groups is 1. The summed E-state index contributed by atoms with van der Waals surface area (Å²) in [5, 5.41) is 15.9. The highest BCUT2D eigenvalue weighted by Gasteiger charge is 2.13. The summed E-state index contributed by atoms with van der Waals surface area (Å²) in [5.41, 5.74) is 0.290. The summed E-state index contributed by atoms with van der Waals surface area (Å²) in [4.78, 5) is 12.8. The third-order valence-electron chi connectivity index (χ3n) is 1.60. The van der Waals surface area contributed by atoms with Gasteiger partial charge in [0, 0.05) is 20.6 Å². The Morgan fingerprint density at radius 2 is 2.46 bits per heavy atom. The molecule has 0 aromatic carbocycles. The predicted molar refractivity (Wildman–Crippen MR) is 45.0 cm³/mol. The van der Waals surface area contributed by atoms with E-state index in [1.807, 2.05) is 0 Å². The molecule has 1 aromatic rings. The van der Waals surface area contributed by atoms with E-state index in [1.165, 1.54) is 15.8 Å². The van der Waals surface area contributed by atoms with Crippen LogP contribution in [-0.2, 0) is 7.05 Å². The number of aryl methyl sites for hydroxylation is 1. The van der Waals surface area contributed by atoms with E-state index in [9.17, 15) is 4.79 Å². The standard InChI is InChI=1S/C7H12N4O2/c1-10(3-4-12)7(13)6-5-11(2)9-8-6/h5,12H,3-4H2,1-2H3. The number of aromatic nitrogens is 3. The smallest absolute Gasteiger partial charge is 0.275 e. The quantitative estimate of drug-likeness (QED) is 0.646. The van der Waals surface area contributed by atoms with Gasteiger partial charge in [0.05, 0.1) is 12.8 Å². The van der Waals surface area contributed by atoms with Crippen molar-refractivity contribution in [2.75, 3.05) is 20.2 Å². The molecule has 0 radical (unpaired) electrons. The fourth-order valence-corrected chi connectivity index (χ4v) is 0.892. The molecule has 0 unspecified atom stereocenters. The van der Waals surface area contributed by atoms with Crippen molar-refractivity contribution in [2.45, 2.75) is 0 Å². The average Bonchev–Trinajstić information content (AvgIpc) is 2.51. The number of aliphatic hydroxyl groups excluding tert-OH is 1. The van der Waals surface area contributed by atoms with E-state index >= 15 is 0 Å². The molecule has 1 aromatic heterocycles. The van der Waals surface area contributed by atoms with Crippen LogP contribution in [0, 0.1) is 0 Å². The molecule has 6 nitrogen and oxygen atoms in total. The Morgan fingerprint density at radius 1 is 1.77 bits per heavy atom. The molecule has 13 heavy (non-hydrogen) atoms. The van der Waals surface area contributed by atoms with E-state index in [2.05, 4.69) is 10.3 Å². The maximum atomic E-state index is 11.4. The highest BCUT2D eigenvalue weighted by Crippen LogP contribution is 1.96. The molecule has 6 heteroatoms. The van der Waals surface area contributed by atoms with Gasteiger partial charge in [-0.25, -0.2) is 0 Å². The minimum absolute atomic E-state index is 0.0531. The van der Waals surface area contributed by atoms with Gasteiger partial charge in [0.2, 0.25) is 0 Å². The molecule has 0 saturated heterocycles. The number of hydrogen-bond acceptors (Lipinski definition) is 4. The first-order valence-corrected chi connectivity index (χ1v) is 3.88. The Balaban J connectivity index is 2.67. The van der Waals surface area contributed by atoms with Gasteiger partial charge < -0.3 is 10.0 Å². The zero-order chi connectivity index (χ0) is 9.84. The molecular formula is C7H12N4O2. The Morgan fingerprint density at radius 3 is 2.92 bits per heavy atom. The lowest BCUT2D eigenvalue weighted by atomic mass is 10.4. The molecule has 0 aliphatic rings. The monoisotopic (exact) mass is 184 g/mol. The van der Waals surface area contributed by atoms with Crippen LogP contribution in [0.25, 0.3) is 0 Å². The number of carbonyl (C=O) groups is 1. The molecule has 0 bridgehead atoms. The lowest BCUT2D eigenvalue weighted by molar-refractivity contribution is 0.0761. The van der Waals surface area contributed by atoms with Gasteiger partial charge in [0.15, 0.2) is 5.69 Å². The van der Waals surface area contributed by atoms with Crippen LogP contribution in [0.4, 0.5) is 0 Å². The maximum Gasteiger partial charge on any atom is 0.275 e. The second-order valence-corrected chi connectivity index (χ2v) is 2.73. The number of likely N-dealkylation sites (N-methyl/N-ethyl adjacent to an activating group) is 1. The summed E-state index contributed by atoms with van der Waals surface area (Å²) in [5.74, 6) is -0.234. The molecular weight excluding hydrogens is 172 g/mol. The number of hydrogen-bond donors (Lipinski definition) is 1. The van der Waals surface area contributed by atoms with E-state index in [-0.39, 0.29) is 12.5 Å². The van der Waals surface area contributed by atoms with Gasteiger partial charge in [0.25, 0.3) is 5.91 Å². The highest BCUT2D eigenvalue weighted by atomic mass is 16.3. The van der Waals surface area contributed by atoms with Crippen LogP contribution in [0.2, 0.25) is 0 Å². The van der Waals surface area contributed by atoms with Crippen molar-refractivity contribution in [3.05, 3.63) is 11.9 Å². The van der Waals surface area contributed by atoms with Crippen LogP contribution in [0.1, 0.15) is 10.5 Å². The van der Waals surface area contributed by atoms with Crippen LogP contribution in [0.3, 0.4) is 0 Å². The zero-order valence-electron chi connectivity index (χ0n) is 7.64. The van der Waals surface area contributed by atoms with Crippen molar-refractivity contribution < 1.29 is 9.90 Å². The number of rotatable bonds is 3. The van der Waals surface area contributed by atoms with Gasteiger partial charge in [-0.1, -0.05) is 5.21 Å². The Hall–Kier alpha value is -1.43. The fraction of sp³-hybridized carbons (Fsp3) is 0.571. The van der Waals surface area contributed by atoms with Gasteiger partial charge in [-0.15, -0.1) is 5.10 Å². The summed E-state index contributed by atoms with van der Waals surface area (Å²) < 4.78 is 1.46. The first kappa shape index (κ1) is 9.66. The van der Waals surface area contributed by atoms with Crippen LogP contribution >= 0.6 is 0 Å². The summed E-state index contributed by atoms with van der Waals surface area (Å²) in [6, 6.07) is 0. The van der Waals surface area contributed by atoms with Crippen LogP contribution in [-0.4, -0.2) is 51.1 Å². The molecule has 0 aliphatic carbocycles. The minimum atomic E-state index is -0.234. The third kappa shape index (κ3) is 2.25. The van der Waals surface area contributed by atoms with Gasteiger partial charge in [-0.2, -0.15) is 0 Å². The molecule has 1 rings (SSSR count). The van der Waals surface area contributed by atoms with Gasteiger partial charge in [-0.05, 0) is 0 Å². The summed E-state index contributed by atoms with van der Waals surface area (Å²) in [6.45, 7) is 0.248. The largest absolute Gasteiger partial charge is 0.395 e. The van der Waals surface area contributed by atoms with E-state index in [4.69, 9.17) is 5.11 Å². The van der Waals surface area contributed by atoms with Crippen molar-refractivity contribution in [3.8, 4) is 0 Å². The fourth-order valence-electron chi connectivity index (χ4n) is 0.892. The van der Waals surface area contributed by atoms with Crippen molar-refractivity contribution in [1.82, 2.24) is 19.9 Å². The maximum absolute atomic E-state index is 11.4. The Kier molecular flexibility index (Phi) is 2.97. The van der Waals surface area contributed by atoms with Gasteiger partial charge >= 0.3 is 0 Å². The lowest BCUT2D eigenvalue weighted by Crippen LogP contribution is -2.29. The van der Waals surface area contributed by atoms with Crippen molar-refractivity contribution in [1.29, 1.82) is 0 Å². The first-order valence-electron chi connectivity index (χ1n) is 3.88. The predicted octanol–water partition coefficient (Wildman–Crippen LogP) is -1.12. The average molecular weight is 184 g/mol. The van der Waals surface area contributed by atoms with E-state index < -0.39 is 0 Å². The minimum Gasteiger partial charge on any atom is -0.395 e. The summed E-state index contributed by atoms with van der Waals surface area (Å²) in [6.07, 6.45) is 1.54.